The van der Waals surface area contributed by atoms with Gasteiger partial charge in [0.1, 0.15) is 0 Å². The molecule has 2 aliphatic heterocycles. The van der Waals surface area contributed by atoms with Crippen molar-refractivity contribution in [1.29, 1.82) is 0 Å². The van der Waals surface area contributed by atoms with Gasteiger partial charge in [0, 0.05) is 43.2 Å². The molecule has 3 aliphatic rings. The molecular weight excluding hydrogens is 780 g/mol. The quantitative estimate of drug-likeness (QED) is 0.159. The molecule has 1 aromatic heterocycles. The van der Waals surface area contributed by atoms with Crippen LogP contribution in [-0.4, -0.2) is 6.71 Å². The van der Waals surface area contributed by atoms with Crippen LogP contribution in [0.4, 0.5) is 34.1 Å². The van der Waals surface area contributed by atoms with E-state index < -0.39 is 0 Å². The summed E-state index contributed by atoms with van der Waals surface area (Å²) in [6.07, 6.45) is 5.88. The number of hydrogen-bond donors (Lipinski definition) is 0. The number of fused-ring (bicyclic) bond motifs is 7. The van der Waals surface area contributed by atoms with Gasteiger partial charge in [-0.05, 0) is 158 Å². The molecule has 4 heteroatoms. The van der Waals surface area contributed by atoms with Crippen molar-refractivity contribution in [1.82, 2.24) is 0 Å². The zero-order valence-corrected chi connectivity index (χ0v) is 40.7. The van der Waals surface area contributed by atoms with E-state index in [0.717, 1.165) is 19.3 Å². The van der Waals surface area contributed by atoms with Crippen LogP contribution in [0, 0.1) is 0 Å². The maximum absolute atomic E-state index is 2.66. The van der Waals surface area contributed by atoms with Crippen molar-refractivity contribution < 1.29 is 0 Å². The van der Waals surface area contributed by atoms with Crippen LogP contribution < -0.4 is 25.5 Å². The molecular formula is C59H65BN2S. The van der Waals surface area contributed by atoms with Crippen LogP contribution in [0.2, 0.25) is 0 Å². The molecule has 10 rings (SSSR count). The summed E-state index contributed by atoms with van der Waals surface area (Å²) in [5.74, 6) is 0. The lowest BCUT2D eigenvalue weighted by molar-refractivity contribution is 0.506. The molecule has 0 atom stereocenters. The van der Waals surface area contributed by atoms with E-state index in [1.807, 2.05) is 11.3 Å². The van der Waals surface area contributed by atoms with Gasteiger partial charge in [-0.25, -0.2) is 0 Å². The molecule has 0 saturated heterocycles. The van der Waals surface area contributed by atoms with Gasteiger partial charge < -0.3 is 9.80 Å². The summed E-state index contributed by atoms with van der Waals surface area (Å²) in [7, 11) is 0. The topological polar surface area (TPSA) is 6.48 Å². The largest absolute Gasteiger partial charge is 0.311 e. The van der Waals surface area contributed by atoms with Crippen molar-refractivity contribution in [3.63, 3.8) is 0 Å². The number of thiophene rings is 1. The Labute approximate surface area is 382 Å². The number of aryl methyl sites for hydroxylation is 1. The first kappa shape index (κ1) is 41.9. The molecule has 0 amide bonds. The SMILES string of the molecule is CCC(C)(C)c1ccc2c(c1)B1c3sc4ccc(C(C)(C)C)cc4c3N(c3ccc(C(C)(C)C)cc3)c3cccc(c31)N2c1ccc(C(C)(C)C)cc1-c1cccc2c1CCCC2. The van der Waals surface area contributed by atoms with Crippen LogP contribution in [0.15, 0.2) is 115 Å². The van der Waals surface area contributed by atoms with Gasteiger partial charge in [0.15, 0.2) is 0 Å². The van der Waals surface area contributed by atoms with Crippen molar-refractivity contribution >= 4 is 78.0 Å². The third-order valence-corrected chi connectivity index (χ3v) is 16.1. The van der Waals surface area contributed by atoms with Crippen molar-refractivity contribution in [2.45, 2.75) is 137 Å². The van der Waals surface area contributed by atoms with Gasteiger partial charge in [0.05, 0.1) is 11.4 Å². The Balaban J connectivity index is 1.31. The lowest BCUT2D eigenvalue weighted by Crippen LogP contribution is -2.60. The van der Waals surface area contributed by atoms with Gasteiger partial charge in [0.25, 0.3) is 6.71 Å². The van der Waals surface area contributed by atoms with Crippen molar-refractivity contribution in [2.24, 2.45) is 0 Å². The Morgan fingerprint density at radius 2 is 1.14 bits per heavy atom. The predicted octanol–water partition coefficient (Wildman–Crippen LogP) is 15.1. The fraction of sp³-hybridized carbons (Fsp3) is 0.356. The number of rotatable bonds is 5. The highest BCUT2D eigenvalue weighted by atomic mass is 32.1. The monoisotopic (exact) mass is 844 g/mol. The molecule has 0 radical (unpaired) electrons. The minimum atomic E-state index is 0.00699. The first-order valence-corrected chi connectivity index (χ1v) is 24.5. The van der Waals surface area contributed by atoms with Crippen molar-refractivity contribution in [2.75, 3.05) is 9.80 Å². The van der Waals surface area contributed by atoms with Crippen molar-refractivity contribution in [3.8, 4) is 11.1 Å². The standard InChI is InChI=1S/C59H65BN2S/c1-13-59(11,12)41-27-32-49-47(36-41)60-53-50(61(42-29-24-38(25-30-42)56(2,3)4)54-46-35-40(58(8,9)10)28-33-52(46)63-55(54)60)22-17-23-51(53)62(49)48-31-26-39(57(5,6)7)34-45(48)44-21-16-19-37-18-14-15-20-43(37)44/h16-17,19,21-36H,13-15,18,20H2,1-12H3. The fourth-order valence-electron chi connectivity index (χ4n) is 10.6. The average molecular weight is 845 g/mol. The number of anilines is 6. The second-order valence-electron chi connectivity index (χ2n) is 22.5. The smallest absolute Gasteiger partial charge is 0.264 e. The molecule has 63 heavy (non-hydrogen) atoms. The maximum atomic E-state index is 2.66. The lowest BCUT2D eigenvalue weighted by atomic mass is 9.36. The van der Waals surface area contributed by atoms with Gasteiger partial charge in [-0.15, -0.1) is 11.3 Å². The van der Waals surface area contributed by atoms with Crippen LogP contribution in [0.5, 0.6) is 0 Å². The highest BCUT2D eigenvalue weighted by Gasteiger charge is 2.46. The van der Waals surface area contributed by atoms with E-state index in [9.17, 15) is 0 Å². The molecule has 0 fully saturated rings. The van der Waals surface area contributed by atoms with Gasteiger partial charge in [-0.1, -0.05) is 144 Å². The van der Waals surface area contributed by atoms with Gasteiger partial charge >= 0.3 is 0 Å². The van der Waals surface area contributed by atoms with E-state index >= 15 is 0 Å². The van der Waals surface area contributed by atoms with Crippen LogP contribution in [0.1, 0.15) is 136 Å². The van der Waals surface area contributed by atoms with Crippen molar-refractivity contribution in [3.05, 3.63) is 149 Å². The first-order chi connectivity index (χ1) is 29.8. The minimum absolute atomic E-state index is 0.00699. The molecule has 0 saturated carbocycles. The second kappa shape index (κ2) is 14.7. The molecule has 2 nitrogen and oxygen atoms in total. The normalized spacial score (nSPS) is 15.0. The molecule has 0 unspecified atom stereocenters. The van der Waals surface area contributed by atoms with E-state index in [1.165, 1.54) is 117 Å². The summed E-state index contributed by atoms with van der Waals surface area (Å²) in [6, 6.07) is 45.9. The highest BCUT2D eigenvalue weighted by Crippen LogP contribution is 2.51. The number of benzene rings is 6. The Bertz CT molecular complexity index is 2930. The molecule has 3 heterocycles. The Morgan fingerprint density at radius 1 is 0.540 bits per heavy atom. The molecule has 0 spiro atoms. The lowest BCUT2D eigenvalue weighted by Gasteiger charge is -2.44. The van der Waals surface area contributed by atoms with E-state index in [-0.39, 0.29) is 28.4 Å². The van der Waals surface area contributed by atoms with Gasteiger partial charge in [-0.3, -0.25) is 0 Å². The van der Waals surface area contributed by atoms with Gasteiger partial charge in [-0.2, -0.15) is 0 Å². The van der Waals surface area contributed by atoms with Gasteiger partial charge in [0.2, 0.25) is 0 Å². The third-order valence-electron chi connectivity index (χ3n) is 14.9. The summed E-state index contributed by atoms with van der Waals surface area (Å²) < 4.78 is 2.78. The summed E-state index contributed by atoms with van der Waals surface area (Å²) in [5.41, 5.74) is 21.9. The Morgan fingerprint density at radius 3 is 1.84 bits per heavy atom. The average Bonchev–Trinajstić information content (AvgIpc) is 3.63. The molecule has 7 aromatic rings. The fourth-order valence-corrected chi connectivity index (χ4v) is 11.9. The highest BCUT2D eigenvalue weighted by molar-refractivity contribution is 7.33. The van der Waals surface area contributed by atoms with Crippen LogP contribution in [0.25, 0.3) is 21.2 Å². The van der Waals surface area contributed by atoms with E-state index in [1.54, 1.807) is 0 Å². The van der Waals surface area contributed by atoms with E-state index in [4.69, 9.17) is 0 Å². The van der Waals surface area contributed by atoms with E-state index in [2.05, 4.69) is 208 Å². The summed E-state index contributed by atoms with van der Waals surface area (Å²) in [4.78, 5) is 5.29. The molecule has 0 bridgehead atoms. The number of nitrogens with zero attached hydrogens (tertiary/aromatic N) is 2. The van der Waals surface area contributed by atoms with Crippen LogP contribution >= 0.6 is 11.3 Å². The summed E-state index contributed by atoms with van der Waals surface area (Å²) in [6.45, 7) is 28.3. The summed E-state index contributed by atoms with van der Waals surface area (Å²) in [5, 5.41) is 1.35. The molecule has 6 aromatic carbocycles. The third kappa shape index (κ3) is 6.89. The zero-order valence-electron chi connectivity index (χ0n) is 39.9. The van der Waals surface area contributed by atoms with Crippen LogP contribution in [0.3, 0.4) is 0 Å². The molecule has 0 N–H and O–H groups in total. The summed E-state index contributed by atoms with van der Waals surface area (Å²) >= 11 is 2.00. The Kier molecular flexibility index (Phi) is 9.81. The predicted molar refractivity (Wildman–Crippen MR) is 277 cm³/mol. The zero-order chi connectivity index (χ0) is 44.4. The Hall–Kier alpha value is -5.06. The second-order valence-corrected chi connectivity index (χ2v) is 23.6. The van der Waals surface area contributed by atoms with Crippen LogP contribution in [-0.2, 0) is 34.5 Å². The maximum Gasteiger partial charge on any atom is 0.264 e. The number of hydrogen-bond acceptors (Lipinski definition) is 3. The molecule has 320 valence electrons. The van der Waals surface area contributed by atoms with E-state index in [0.29, 0.717) is 0 Å². The molecule has 1 aliphatic carbocycles. The minimum Gasteiger partial charge on any atom is -0.311 e. The first-order valence-electron chi connectivity index (χ1n) is 23.7.